The predicted molar refractivity (Wildman–Crippen MR) is 75.9 cm³/mol. The highest BCUT2D eigenvalue weighted by molar-refractivity contribution is 5.45. The van der Waals surface area contributed by atoms with Crippen molar-refractivity contribution in [3.63, 3.8) is 0 Å². The third-order valence-electron chi connectivity index (χ3n) is 4.30. The molecule has 0 aromatic heterocycles. The van der Waals surface area contributed by atoms with Crippen LogP contribution in [0.5, 0.6) is 0 Å². The molecule has 1 aromatic rings. The Labute approximate surface area is 110 Å². The smallest absolute Gasteiger partial charge is 0.0361 e. The largest absolute Gasteiger partial charge is 0.378 e. The van der Waals surface area contributed by atoms with Crippen LogP contribution in [0.3, 0.4) is 0 Å². The van der Waals surface area contributed by atoms with Gasteiger partial charge in [0.25, 0.3) is 0 Å². The lowest BCUT2D eigenvalue weighted by Gasteiger charge is -2.18. The highest BCUT2D eigenvalue weighted by Gasteiger charge is 2.35. The highest BCUT2D eigenvalue weighted by Crippen LogP contribution is 2.26. The number of nitrogens with one attached hydrogen (secondary N) is 1. The fraction of sp³-hybridized carbons (Fsp3) is 0.600. The number of anilines is 1. The van der Waals surface area contributed by atoms with Gasteiger partial charge in [-0.3, -0.25) is 4.90 Å². The van der Waals surface area contributed by atoms with Gasteiger partial charge in [-0.15, -0.1) is 0 Å². The summed E-state index contributed by atoms with van der Waals surface area (Å²) in [6.45, 7) is 4.82. The standard InChI is InChI=1S/C15H23N3/c1-17(2)14-5-3-12(4-6-14)9-18-10-13-7-8-16-15(13)11-18/h3-6,13,15-16H,7-11H2,1-2H3/t13-,15+/m0/s1. The monoisotopic (exact) mass is 245 g/mol. The first kappa shape index (κ1) is 12.0. The van der Waals surface area contributed by atoms with E-state index in [9.17, 15) is 0 Å². The molecular weight excluding hydrogens is 222 g/mol. The first-order chi connectivity index (χ1) is 8.72. The number of benzene rings is 1. The van der Waals surface area contributed by atoms with Crippen LogP contribution in [0.4, 0.5) is 5.69 Å². The van der Waals surface area contributed by atoms with Crippen molar-refractivity contribution in [2.45, 2.75) is 19.0 Å². The van der Waals surface area contributed by atoms with Crippen LogP contribution in [0.15, 0.2) is 24.3 Å². The summed E-state index contributed by atoms with van der Waals surface area (Å²) in [5, 5.41) is 3.61. The van der Waals surface area contributed by atoms with Crippen LogP contribution in [0.2, 0.25) is 0 Å². The number of hydrogen-bond acceptors (Lipinski definition) is 3. The van der Waals surface area contributed by atoms with E-state index >= 15 is 0 Å². The maximum atomic E-state index is 3.61. The molecular formula is C15H23N3. The Morgan fingerprint density at radius 2 is 2.00 bits per heavy atom. The number of fused-ring (bicyclic) bond motifs is 1. The molecule has 1 N–H and O–H groups in total. The molecule has 0 saturated carbocycles. The van der Waals surface area contributed by atoms with Crippen molar-refractivity contribution >= 4 is 5.69 Å². The normalized spacial score (nSPS) is 27.4. The number of likely N-dealkylation sites (tertiary alicyclic amines) is 1. The number of rotatable bonds is 3. The van der Waals surface area contributed by atoms with Crippen molar-refractivity contribution in [2.75, 3.05) is 38.6 Å². The van der Waals surface area contributed by atoms with Gasteiger partial charge in [0, 0.05) is 45.5 Å². The molecule has 0 bridgehead atoms. The van der Waals surface area contributed by atoms with Gasteiger partial charge in [-0.05, 0) is 36.6 Å². The second-order valence-electron chi connectivity index (χ2n) is 5.86. The van der Waals surface area contributed by atoms with E-state index < -0.39 is 0 Å². The molecule has 0 spiro atoms. The third kappa shape index (κ3) is 2.38. The minimum absolute atomic E-state index is 0.756. The summed E-state index contributed by atoms with van der Waals surface area (Å²) in [5.74, 6) is 0.894. The molecule has 98 valence electrons. The molecule has 3 nitrogen and oxygen atoms in total. The van der Waals surface area contributed by atoms with Crippen molar-refractivity contribution in [3.8, 4) is 0 Å². The van der Waals surface area contributed by atoms with Gasteiger partial charge >= 0.3 is 0 Å². The SMILES string of the molecule is CN(C)c1ccc(CN2C[C@@H]3CCN[C@@H]3C2)cc1. The van der Waals surface area contributed by atoms with Crippen molar-refractivity contribution < 1.29 is 0 Å². The summed E-state index contributed by atoms with van der Waals surface area (Å²) in [4.78, 5) is 4.74. The van der Waals surface area contributed by atoms with Crippen LogP contribution in [-0.4, -0.2) is 44.7 Å². The lowest BCUT2D eigenvalue weighted by atomic mass is 10.1. The second kappa shape index (κ2) is 4.90. The molecule has 2 fully saturated rings. The molecule has 18 heavy (non-hydrogen) atoms. The van der Waals surface area contributed by atoms with E-state index in [2.05, 4.69) is 53.5 Å². The van der Waals surface area contributed by atoms with Gasteiger partial charge in [-0.25, -0.2) is 0 Å². The first-order valence-corrected chi connectivity index (χ1v) is 6.94. The van der Waals surface area contributed by atoms with Gasteiger partial charge in [0.2, 0.25) is 0 Å². The molecule has 2 aliphatic rings. The van der Waals surface area contributed by atoms with Crippen LogP contribution in [-0.2, 0) is 6.54 Å². The van der Waals surface area contributed by atoms with Gasteiger partial charge < -0.3 is 10.2 Å². The first-order valence-electron chi connectivity index (χ1n) is 6.94. The fourth-order valence-electron chi connectivity index (χ4n) is 3.23. The number of nitrogens with zero attached hydrogens (tertiary/aromatic N) is 2. The van der Waals surface area contributed by atoms with E-state index in [0.29, 0.717) is 0 Å². The Balaban J connectivity index is 1.60. The van der Waals surface area contributed by atoms with Gasteiger partial charge in [0.15, 0.2) is 0 Å². The van der Waals surface area contributed by atoms with E-state index in [4.69, 9.17) is 0 Å². The Morgan fingerprint density at radius 3 is 2.67 bits per heavy atom. The summed E-state index contributed by atoms with van der Waals surface area (Å²) in [5.41, 5.74) is 2.71. The maximum Gasteiger partial charge on any atom is 0.0361 e. The van der Waals surface area contributed by atoms with Crippen LogP contribution < -0.4 is 10.2 Å². The van der Waals surface area contributed by atoms with E-state index in [1.165, 1.54) is 37.3 Å². The van der Waals surface area contributed by atoms with Gasteiger partial charge in [-0.2, -0.15) is 0 Å². The molecule has 0 amide bonds. The topological polar surface area (TPSA) is 18.5 Å². The van der Waals surface area contributed by atoms with Crippen molar-refractivity contribution in [1.82, 2.24) is 10.2 Å². The lowest BCUT2D eigenvalue weighted by Crippen LogP contribution is -2.29. The third-order valence-corrected chi connectivity index (χ3v) is 4.30. The molecule has 0 unspecified atom stereocenters. The summed E-state index contributed by atoms with van der Waals surface area (Å²) in [6, 6.07) is 9.70. The summed E-state index contributed by atoms with van der Waals surface area (Å²) < 4.78 is 0. The average molecular weight is 245 g/mol. The minimum atomic E-state index is 0.756. The molecule has 2 atom stereocenters. The van der Waals surface area contributed by atoms with Crippen molar-refractivity contribution in [3.05, 3.63) is 29.8 Å². The van der Waals surface area contributed by atoms with E-state index in [1.807, 2.05) is 0 Å². The van der Waals surface area contributed by atoms with Crippen LogP contribution in [0.25, 0.3) is 0 Å². The molecule has 2 heterocycles. The van der Waals surface area contributed by atoms with Crippen LogP contribution in [0.1, 0.15) is 12.0 Å². The van der Waals surface area contributed by atoms with E-state index in [1.54, 1.807) is 0 Å². The quantitative estimate of drug-likeness (QED) is 0.871. The predicted octanol–water partition coefficient (Wildman–Crippen LogP) is 1.55. The van der Waals surface area contributed by atoms with E-state index in [-0.39, 0.29) is 0 Å². The molecule has 0 radical (unpaired) electrons. The Morgan fingerprint density at radius 1 is 1.22 bits per heavy atom. The fourth-order valence-corrected chi connectivity index (χ4v) is 3.23. The summed E-state index contributed by atoms with van der Waals surface area (Å²) in [7, 11) is 4.17. The molecule has 0 aliphatic carbocycles. The molecule has 2 saturated heterocycles. The molecule has 1 aromatic carbocycles. The van der Waals surface area contributed by atoms with Crippen LogP contribution in [0, 0.1) is 5.92 Å². The maximum absolute atomic E-state index is 3.61. The van der Waals surface area contributed by atoms with Crippen LogP contribution >= 0.6 is 0 Å². The second-order valence-corrected chi connectivity index (χ2v) is 5.86. The molecule has 2 aliphatic heterocycles. The number of hydrogen-bond donors (Lipinski definition) is 1. The van der Waals surface area contributed by atoms with E-state index in [0.717, 1.165) is 18.5 Å². The average Bonchev–Trinajstić information content (AvgIpc) is 2.90. The minimum Gasteiger partial charge on any atom is -0.378 e. The lowest BCUT2D eigenvalue weighted by molar-refractivity contribution is 0.307. The van der Waals surface area contributed by atoms with Crippen molar-refractivity contribution in [2.24, 2.45) is 5.92 Å². The Hall–Kier alpha value is -1.06. The molecule has 3 rings (SSSR count). The van der Waals surface area contributed by atoms with Gasteiger partial charge in [-0.1, -0.05) is 12.1 Å². The zero-order chi connectivity index (χ0) is 12.5. The van der Waals surface area contributed by atoms with Gasteiger partial charge in [0.1, 0.15) is 0 Å². The zero-order valence-electron chi connectivity index (χ0n) is 11.4. The molecule has 3 heteroatoms. The van der Waals surface area contributed by atoms with Crippen molar-refractivity contribution in [1.29, 1.82) is 0 Å². The zero-order valence-corrected chi connectivity index (χ0v) is 11.4. The summed E-state index contributed by atoms with van der Waals surface area (Å²) in [6.07, 6.45) is 1.36. The Kier molecular flexibility index (Phi) is 3.27. The highest BCUT2D eigenvalue weighted by atomic mass is 15.2. The van der Waals surface area contributed by atoms with Gasteiger partial charge in [0.05, 0.1) is 0 Å². The Bertz CT molecular complexity index is 387. The summed E-state index contributed by atoms with van der Waals surface area (Å²) >= 11 is 0.